The first-order chi connectivity index (χ1) is 10.1. The monoisotopic (exact) mass is 290 g/mol. The lowest BCUT2D eigenvalue weighted by molar-refractivity contribution is -0.120. The van der Waals surface area contributed by atoms with Crippen LogP contribution >= 0.6 is 0 Å². The van der Waals surface area contributed by atoms with Gasteiger partial charge in [-0.25, -0.2) is 0 Å². The van der Waals surface area contributed by atoms with Gasteiger partial charge in [0, 0.05) is 12.6 Å². The molecule has 0 saturated carbocycles. The van der Waals surface area contributed by atoms with E-state index in [1.807, 2.05) is 13.8 Å². The van der Waals surface area contributed by atoms with Crippen LogP contribution in [0.5, 0.6) is 0 Å². The van der Waals surface area contributed by atoms with E-state index in [0.29, 0.717) is 13.0 Å². The molecular formula is C17H26N2O2. The number of nitrogens with one attached hydrogen (secondary N) is 1. The molecule has 1 amide bonds. The van der Waals surface area contributed by atoms with Crippen LogP contribution in [-0.4, -0.2) is 24.6 Å². The van der Waals surface area contributed by atoms with Gasteiger partial charge in [-0.1, -0.05) is 38.1 Å². The standard InChI is InChI=1S/C17H26N2O2/c1-12(2)19-15(17(18)20)10-11-21-16-9-5-7-13-6-3-4-8-14(13)16/h3-4,6,8,12,15-16,19H,5,7,9-11H2,1-2H3,(H2,18,20). The van der Waals surface area contributed by atoms with Gasteiger partial charge in [0.05, 0.1) is 12.1 Å². The van der Waals surface area contributed by atoms with Crippen LogP contribution in [0.2, 0.25) is 0 Å². The van der Waals surface area contributed by atoms with E-state index in [2.05, 4.69) is 29.6 Å². The molecule has 1 aromatic rings. The third-order valence-corrected chi connectivity index (χ3v) is 3.92. The van der Waals surface area contributed by atoms with Crippen LogP contribution < -0.4 is 11.1 Å². The summed E-state index contributed by atoms with van der Waals surface area (Å²) < 4.78 is 6.02. The van der Waals surface area contributed by atoms with Crippen LogP contribution in [0.3, 0.4) is 0 Å². The molecule has 4 nitrogen and oxygen atoms in total. The molecule has 0 heterocycles. The van der Waals surface area contributed by atoms with Crippen LogP contribution in [-0.2, 0) is 16.0 Å². The predicted molar refractivity (Wildman–Crippen MR) is 83.9 cm³/mol. The first-order valence-corrected chi connectivity index (χ1v) is 7.82. The van der Waals surface area contributed by atoms with Crippen molar-refractivity contribution in [3.05, 3.63) is 35.4 Å². The Balaban J connectivity index is 1.87. The quantitative estimate of drug-likeness (QED) is 0.810. The molecule has 1 aliphatic rings. The molecule has 21 heavy (non-hydrogen) atoms. The fraction of sp³-hybridized carbons (Fsp3) is 0.588. The van der Waals surface area contributed by atoms with Crippen molar-refractivity contribution in [2.24, 2.45) is 5.73 Å². The predicted octanol–water partition coefficient (Wildman–Crippen LogP) is 2.32. The number of fused-ring (bicyclic) bond motifs is 1. The Bertz CT molecular complexity index is 474. The Hall–Kier alpha value is -1.39. The van der Waals surface area contributed by atoms with Crippen molar-refractivity contribution in [3.63, 3.8) is 0 Å². The number of aryl methyl sites for hydroxylation is 1. The Morgan fingerprint density at radius 3 is 2.90 bits per heavy atom. The molecule has 0 aliphatic heterocycles. The maximum absolute atomic E-state index is 11.4. The second kappa shape index (κ2) is 7.57. The number of carbonyl (C=O) groups is 1. The summed E-state index contributed by atoms with van der Waals surface area (Å²) in [5.41, 5.74) is 8.12. The maximum atomic E-state index is 11.4. The Morgan fingerprint density at radius 1 is 1.43 bits per heavy atom. The molecule has 2 atom stereocenters. The molecule has 116 valence electrons. The van der Waals surface area contributed by atoms with E-state index < -0.39 is 0 Å². The number of nitrogens with two attached hydrogens (primary N) is 1. The number of rotatable bonds is 7. The molecule has 0 spiro atoms. The van der Waals surface area contributed by atoms with Gasteiger partial charge in [0.25, 0.3) is 0 Å². The summed E-state index contributed by atoms with van der Waals surface area (Å²) in [4.78, 5) is 11.4. The van der Waals surface area contributed by atoms with E-state index in [-0.39, 0.29) is 24.1 Å². The molecular weight excluding hydrogens is 264 g/mol. The van der Waals surface area contributed by atoms with Crippen molar-refractivity contribution in [1.82, 2.24) is 5.32 Å². The van der Waals surface area contributed by atoms with Gasteiger partial charge in [0.1, 0.15) is 0 Å². The molecule has 1 aliphatic carbocycles. The smallest absolute Gasteiger partial charge is 0.234 e. The number of carbonyl (C=O) groups excluding carboxylic acids is 1. The van der Waals surface area contributed by atoms with Crippen LogP contribution in [0.25, 0.3) is 0 Å². The zero-order valence-electron chi connectivity index (χ0n) is 13.0. The van der Waals surface area contributed by atoms with Crippen LogP contribution in [0.1, 0.15) is 50.3 Å². The van der Waals surface area contributed by atoms with Gasteiger partial charge in [-0.2, -0.15) is 0 Å². The van der Waals surface area contributed by atoms with Crippen LogP contribution in [0.15, 0.2) is 24.3 Å². The highest BCUT2D eigenvalue weighted by Crippen LogP contribution is 2.32. The van der Waals surface area contributed by atoms with E-state index in [1.165, 1.54) is 11.1 Å². The minimum Gasteiger partial charge on any atom is -0.373 e. The van der Waals surface area contributed by atoms with Gasteiger partial charge in [-0.3, -0.25) is 4.79 Å². The maximum Gasteiger partial charge on any atom is 0.234 e. The normalized spacial score (nSPS) is 19.3. The lowest BCUT2D eigenvalue weighted by Gasteiger charge is -2.26. The Kier molecular flexibility index (Phi) is 5.76. The van der Waals surface area contributed by atoms with Gasteiger partial charge < -0.3 is 15.8 Å². The molecule has 0 aromatic heterocycles. The number of primary amides is 1. The summed E-state index contributed by atoms with van der Waals surface area (Å²) in [6.45, 7) is 4.56. The number of amides is 1. The van der Waals surface area contributed by atoms with E-state index >= 15 is 0 Å². The molecule has 0 radical (unpaired) electrons. The van der Waals surface area contributed by atoms with E-state index in [1.54, 1.807) is 0 Å². The molecule has 2 rings (SSSR count). The molecule has 2 unspecified atom stereocenters. The van der Waals surface area contributed by atoms with Crippen LogP contribution in [0, 0.1) is 0 Å². The fourth-order valence-electron chi connectivity index (χ4n) is 2.92. The summed E-state index contributed by atoms with van der Waals surface area (Å²) in [6.07, 6.45) is 4.12. The van der Waals surface area contributed by atoms with E-state index in [4.69, 9.17) is 10.5 Å². The van der Waals surface area contributed by atoms with Crippen LogP contribution in [0.4, 0.5) is 0 Å². The molecule has 4 heteroatoms. The number of hydrogen-bond donors (Lipinski definition) is 2. The minimum absolute atomic E-state index is 0.155. The summed E-state index contributed by atoms with van der Waals surface area (Å²) in [7, 11) is 0. The fourth-order valence-corrected chi connectivity index (χ4v) is 2.92. The largest absolute Gasteiger partial charge is 0.373 e. The summed E-state index contributed by atoms with van der Waals surface area (Å²) in [6, 6.07) is 8.39. The zero-order chi connectivity index (χ0) is 15.2. The average molecular weight is 290 g/mol. The number of ether oxygens (including phenoxy) is 1. The van der Waals surface area contributed by atoms with Crippen molar-refractivity contribution in [2.45, 2.75) is 57.7 Å². The molecule has 0 saturated heterocycles. The van der Waals surface area contributed by atoms with E-state index in [0.717, 1.165) is 19.3 Å². The lowest BCUT2D eigenvalue weighted by atomic mass is 9.89. The summed E-state index contributed by atoms with van der Waals surface area (Å²) >= 11 is 0. The van der Waals surface area contributed by atoms with Gasteiger partial charge >= 0.3 is 0 Å². The average Bonchev–Trinajstić information content (AvgIpc) is 2.46. The first kappa shape index (κ1) is 16.0. The second-order valence-corrected chi connectivity index (χ2v) is 6.02. The third kappa shape index (κ3) is 4.55. The molecule has 0 fully saturated rings. The summed E-state index contributed by atoms with van der Waals surface area (Å²) in [5.74, 6) is -0.309. The topological polar surface area (TPSA) is 64.3 Å². The Labute approximate surface area is 127 Å². The van der Waals surface area contributed by atoms with Crippen molar-refractivity contribution >= 4 is 5.91 Å². The van der Waals surface area contributed by atoms with Crippen molar-refractivity contribution in [1.29, 1.82) is 0 Å². The second-order valence-electron chi connectivity index (χ2n) is 6.02. The third-order valence-electron chi connectivity index (χ3n) is 3.92. The highest BCUT2D eigenvalue weighted by molar-refractivity contribution is 5.79. The SMILES string of the molecule is CC(C)NC(CCOC1CCCc2ccccc21)C(N)=O. The van der Waals surface area contributed by atoms with Gasteiger partial charge in [0.15, 0.2) is 0 Å². The van der Waals surface area contributed by atoms with Crippen molar-refractivity contribution < 1.29 is 9.53 Å². The zero-order valence-corrected chi connectivity index (χ0v) is 13.0. The summed E-state index contributed by atoms with van der Waals surface area (Å²) in [5, 5.41) is 3.18. The van der Waals surface area contributed by atoms with E-state index in [9.17, 15) is 4.79 Å². The highest BCUT2D eigenvalue weighted by Gasteiger charge is 2.21. The first-order valence-electron chi connectivity index (χ1n) is 7.82. The molecule has 1 aromatic carbocycles. The number of benzene rings is 1. The Morgan fingerprint density at radius 2 is 2.19 bits per heavy atom. The minimum atomic E-state index is -0.316. The lowest BCUT2D eigenvalue weighted by Crippen LogP contribution is -2.45. The molecule has 0 bridgehead atoms. The molecule has 3 N–H and O–H groups in total. The van der Waals surface area contributed by atoms with Gasteiger partial charge in [-0.05, 0) is 36.8 Å². The van der Waals surface area contributed by atoms with Gasteiger partial charge in [0.2, 0.25) is 5.91 Å². The van der Waals surface area contributed by atoms with Crippen molar-refractivity contribution in [3.8, 4) is 0 Å². The highest BCUT2D eigenvalue weighted by atomic mass is 16.5. The van der Waals surface area contributed by atoms with Crippen molar-refractivity contribution in [2.75, 3.05) is 6.61 Å². The number of hydrogen-bond acceptors (Lipinski definition) is 3. The van der Waals surface area contributed by atoms with Gasteiger partial charge in [-0.15, -0.1) is 0 Å².